The summed E-state index contributed by atoms with van der Waals surface area (Å²) in [4.78, 5) is 25.8. The number of carbonyl (C=O) groups excluding carboxylic acids is 1. The van der Waals surface area contributed by atoms with E-state index in [1.54, 1.807) is 16.5 Å². The number of carbonyl (C=O) groups is 1. The molecule has 2 aromatic heterocycles. The normalized spacial score (nSPS) is 14.5. The van der Waals surface area contributed by atoms with E-state index < -0.39 is 0 Å². The highest BCUT2D eigenvalue weighted by atomic mass is 16.2. The van der Waals surface area contributed by atoms with Crippen molar-refractivity contribution in [2.24, 2.45) is 0 Å². The molecule has 0 atom stereocenters. The van der Waals surface area contributed by atoms with Crippen LogP contribution in [0.3, 0.4) is 0 Å². The van der Waals surface area contributed by atoms with Crippen LogP contribution in [0.25, 0.3) is 5.78 Å². The number of hydrogen-bond donors (Lipinski definition) is 0. The van der Waals surface area contributed by atoms with Crippen LogP contribution in [0, 0.1) is 13.8 Å². The summed E-state index contributed by atoms with van der Waals surface area (Å²) >= 11 is 0. The Morgan fingerprint density at radius 3 is 2.64 bits per heavy atom. The zero-order valence-electron chi connectivity index (χ0n) is 16.7. The quantitative estimate of drug-likeness (QED) is 0.698. The van der Waals surface area contributed by atoms with Crippen molar-refractivity contribution in [2.45, 2.75) is 39.7 Å². The summed E-state index contributed by atoms with van der Waals surface area (Å²) in [6.45, 7) is 6.52. The summed E-state index contributed by atoms with van der Waals surface area (Å²) < 4.78 is 1.62. The lowest BCUT2D eigenvalue weighted by Crippen LogP contribution is -2.32. The molecule has 0 bridgehead atoms. The van der Waals surface area contributed by atoms with Crippen LogP contribution < -0.4 is 4.90 Å². The van der Waals surface area contributed by atoms with Crippen molar-refractivity contribution in [1.82, 2.24) is 24.5 Å². The van der Waals surface area contributed by atoms with Crippen LogP contribution in [-0.2, 0) is 6.54 Å². The molecule has 146 valence electrons. The highest BCUT2D eigenvalue weighted by Crippen LogP contribution is 2.25. The first kappa shape index (κ1) is 18.4. The summed E-state index contributed by atoms with van der Waals surface area (Å²) in [5.41, 5.74) is 4.14. The van der Waals surface area contributed by atoms with E-state index in [1.807, 2.05) is 26.0 Å². The molecule has 1 amide bonds. The van der Waals surface area contributed by atoms with Crippen molar-refractivity contribution in [1.29, 1.82) is 0 Å². The van der Waals surface area contributed by atoms with Gasteiger partial charge < -0.3 is 9.80 Å². The van der Waals surface area contributed by atoms with Gasteiger partial charge >= 0.3 is 0 Å². The van der Waals surface area contributed by atoms with Crippen molar-refractivity contribution in [2.75, 3.05) is 25.0 Å². The number of aromatic nitrogens is 4. The predicted molar refractivity (Wildman–Crippen MR) is 109 cm³/mol. The number of rotatable bonds is 4. The highest BCUT2D eigenvalue weighted by Gasteiger charge is 2.21. The predicted octanol–water partition coefficient (Wildman–Crippen LogP) is 3.00. The molecule has 7 heteroatoms. The Bertz CT molecular complexity index is 1010. The van der Waals surface area contributed by atoms with Crippen molar-refractivity contribution in [3.8, 4) is 0 Å². The number of anilines is 1. The van der Waals surface area contributed by atoms with Crippen LogP contribution in [0.1, 0.15) is 46.8 Å². The summed E-state index contributed by atoms with van der Waals surface area (Å²) in [6.07, 6.45) is 3.74. The fraction of sp³-hybridized carbons (Fsp3) is 0.429. The number of aryl methyl sites for hydroxylation is 2. The standard InChI is InChI=1S/C21H26N6O/c1-15-13-16(2)27-21(22-15)23-19(24-27)20(28)25(3)14-17-9-5-6-10-18(17)26-11-7-4-8-12-26/h5-6,9-10,13H,4,7-8,11-12,14H2,1-3H3. The van der Waals surface area contributed by atoms with Gasteiger partial charge in [0.2, 0.25) is 5.82 Å². The van der Waals surface area contributed by atoms with Crippen molar-refractivity contribution >= 4 is 17.4 Å². The van der Waals surface area contributed by atoms with Crippen molar-refractivity contribution in [3.05, 3.63) is 53.1 Å². The second kappa shape index (κ2) is 7.58. The molecular weight excluding hydrogens is 352 g/mol. The molecule has 0 saturated carbocycles. The first-order valence-electron chi connectivity index (χ1n) is 9.82. The van der Waals surface area contributed by atoms with E-state index in [0.29, 0.717) is 12.3 Å². The Morgan fingerprint density at radius 2 is 1.86 bits per heavy atom. The van der Waals surface area contributed by atoms with Crippen molar-refractivity contribution in [3.63, 3.8) is 0 Å². The number of fused-ring (bicyclic) bond motifs is 1. The monoisotopic (exact) mass is 378 g/mol. The van der Waals surface area contributed by atoms with Crippen LogP contribution >= 0.6 is 0 Å². The van der Waals surface area contributed by atoms with Gasteiger partial charge in [-0.2, -0.15) is 4.98 Å². The van der Waals surface area contributed by atoms with Crippen LogP contribution in [-0.4, -0.2) is 50.5 Å². The molecule has 0 unspecified atom stereocenters. The zero-order chi connectivity index (χ0) is 19.7. The summed E-state index contributed by atoms with van der Waals surface area (Å²) in [5.74, 6) is 0.443. The van der Waals surface area contributed by atoms with E-state index in [1.165, 1.54) is 24.9 Å². The SMILES string of the molecule is Cc1cc(C)n2nc(C(=O)N(C)Cc3ccccc3N3CCCCC3)nc2n1. The van der Waals surface area contributed by atoms with Crippen molar-refractivity contribution < 1.29 is 4.79 Å². The molecule has 1 aliphatic heterocycles. The molecule has 0 spiro atoms. The lowest BCUT2D eigenvalue weighted by Gasteiger charge is -2.31. The summed E-state index contributed by atoms with van der Waals surface area (Å²) in [7, 11) is 1.80. The Balaban J connectivity index is 1.56. The molecule has 3 heterocycles. The lowest BCUT2D eigenvalue weighted by atomic mass is 10.1. The Morgan fingerprint density at radius 1 is 1.11 bits per heavy atom. The Kier molecular flexibility index (Phi) is 4.98. The Labute approximate surface area is 165 Å². The van der Waals surface area contributed by atoms with Gasteiger partial charge in [-0.05, 0) is 50.8 Å². The molecule has 28 heavy (non-hydrogen) atoms. The first-order valence-corrected chi connectivity index (χ1v) is 9.82. The molecule has 7 nitrogen and oxygen atoms in total. The molecule has 1 fully saturated rings. The average molecular weight is 378 g/mol. The molecule has 1 aromatic carbocycles. The van der Waals surface area contributed by atoms with Gasteiger partial charge in [0.05, 0.1) is 0 Å². The number of hydrogen-bond acceptors (Lipinski definition) is 5. The zero-order valence-corrected chi connectivity index (χ0v) is 16.7. The topological polar surface area (TPSA) is 66.6 Å². The van der Waals surface area contributed by atoms with Gasteiger partial charge in [-0.15, -0.1) is 5.10 Å². The van der Waals surface area contributed by atoms with Gasteiger partial charge in [-0.3, -0.25) is 4.79 Å². The highest BCUT2D eigenvalue weighted by molar-refractivity contribution is 5.90. The molecule has 0 radical (unpaired) electrons. The second-order valence-corrected chi connectivity index (χ2v) is 7.52. The molecule has 4 rings (SSSR count). The van der Waals surface area contributed by atoms with Gasteiger partial charge in [0.15, 0.2) is 0 Å². The maximum atomic E-state index is 12.9. The van der Waals surface area contributed by atoms with E-state index >= 15 is 0 Å². The molecule has 1 saturated heterocycles. The average Bonchev–Trinajstić information content (AvgIpc) is 3.13. The summed E-state index contributed by atoms with van der Waals surface area (Å²) in [5, 5.41) is 4.37. The minimum absolute atomic E-state index is 0.180. The molecule has 0 aliphatic carbocycles. The third kappa shape index (κ3) is 3.56. The number of piperidine rings is 1. The van der Waals surface area contributed by atoms with Crippen LogP contribution in [0.2, 0.25) is 0 Å². The van der Waals surface area contributed by atoms with Gasteiger partial charge in [0.25, 0.3) is 11.7 Å². The number of para-hydroxylation sites is 1. The van der Waals surface area contributed by atoms with E-state index in [2.05, 4.69) is 38.2 Å². The van der Waals surface area contributed by atoms with Gasteiger partial charge in [-0.25, -0.2) is 9.50 Å². The minimum atomic E-state index is -0.198. The van der Waals surface area contributed by atoms with Crippen LogP contribution in [0.5, 0.6) is 0 Å². The molecule has 3 aromatic rings. The number of amides is 1. The number of benzene rings is 1. The molecular formula is C21H26N6O. The minimum Gasteiger partial charge on any atom is -0.371 e. The van der Waals surface area contributed by atoms with E-state index in [4.69, 9.17) is 0 Å². The smallest absolute Gasteiger partial charge is 0.293 e. The third-order valence-corrected chi connectivity index (χ3v) is 5.25. The largest absolute Gasteiger partial charge is 0.371 e. The van der Waals surface area contributed by atoms with E-state index in [-0.39, 0.29) is 11.7 Å². The van der Waals surface area contributed by atoms with E-state index in [0.717, 1.165) is 30.0 Å². The third-order valence-electron chi connectivity index (χ3n) is 5.25. The lowest BCUT2D eigenvalue weighted by molar-refractivity contribution is 0.0773. The first-order chi connectivity index (χ1) is 13.5. The maximum absolute atomic E-state index is 12.9. The maximum Gasteiger partial charge on any atom is 0.293 e. The fourth-order valence-corrected chi connectivity index (χ4v) is 3.84. The molecule has 0 N–H and O–H groups in total. The van der Waals surface area contributed by atoms with Crippen LogP contribution in [0.15, 0.2) is 30.3 Å². The second-order valence-electron chi connectivity index (χ2n) is 7.52. The molecule has 1 aliphatic rings. The van der Waals surface area contributed by atoms with E-state index in [9.17, 15) is 4.79 Å². The van der Waals surface area contributed by atoms with Gasteiger partial charge in [0.1, 0.15) is 0 Å². The van der Waals surface area contributed by atoms with Crippen LogP contribution in [0.4, 0.5) is 5.69 Å². The fourth-order valence-electron chi connectivity index (χ4n) is 3.84. The summed E-state index contributed by atoms with van der Waals surface area (Å²) in [6, 6.07) is 10.3. The number of nitrogens with zero attached hydrogens (tertiary/aromatic N) is 6. The van der Waals surface area contributed by atoms with Gasteiger partial charge in [-0.1, -0.05) is 18.2 Å². The Hall–Kier alpha value is -2.96. The van der Waals surface area contributed by atoms with Gasteiger partial charge in [0, 0.05) is 43.8 Å².